The number of imidazole rings is 1. The predicted molar refractivity (Wildman–Crippen MR) is 58.2 cm³/mol. The van der Waals surface area contributed by atoms with Crippen LogP contribution < -0.4 is 0 Å². The molecule has 0 fully saturated rings. The molecule has 1 N–H and O–H groups in total. The van der Waals surface area contributed by atoms with E-state index in [1.807, 2.05) is 36.7 Å². The lowest BCUT2D eigenvalue weighted by atomic mass is 10.3. The molecule has 2 aromatic rings. The van der Waals surface area contributed by atoms with Crippen LogP contribution in [0, 0.1) is 18.6 Å². The molecule has 0 bridgehead atoms. The van der Waals surface area contributed by atoms with E-state index in [0.717, 1.165) is 17.1 Å². The van der Waals surface area contributed by atoms with Gasteiger partial charge >= 0.3 is 0 Å². The van der Waals surface area contributed by atoms with Crippen molar-refractivity contribution < 1.29 is 0 Å². The van der Waals surface area contributed by atoms with E-state index >= 15 is 0 Å². The predicted octanol–water partition coefficient (Wildman–Crippen LogP) is 2.55. The van der Waals surface area contributed by atoms with Crippen molar-refractivity contribution in [3.63, 3.8) is 0 Å². The Morgan fingerprint density at radius 3 is 2.79 bits per heavy atom. The van der Waals surface area contributed by atoms with Gasteiger partial charge in [0.15, 0.2) is 4.77 Å². The molecule has 0 atom stereocenters. The van der Waals surface area contributed by atoms with Crippen LogP contribution in [-0.2, 0) is 0 Å². The minimum atomic E-state index is 0.707. The van der Waals surface area contributed by atoms with Crippen LogP contribution in [0.2, 0.25) is 0 Å². The van der Waals surface area contributed by atoms with Gasteiger partial charge in [-0.3, -0.25) is 9.55 Å². The molecular weight excluding hydrogens is 194 g/mol. The maximum Gasteiger partial charge on any atom is 0.182 e. The van der Waals surface area contributed by atoms with Crippen molar-refractivity contribution in [1.82, 2.24) is 14.5 Å². The third-order valence-corrected chi connectivity index (χ3v) is 2.48. The van der Waals surface area contributed by atoms with Crippen LogP contribution in [-0.4, -0.2) is 14.5 Å². The van der Waals surface area contributed by atoms with E-state index in [0.29, 0.717) is 4.77 Å². The lowest BCUT2D eigenvalue weighted by Crippen LogP contribution is -2.00. The highest BCUT2D eigenvalue weighted by molar-refractivity contribution is 7.71. The summed E-state index contributed by atoms with van der Waals surface area (Å²) in [4.78, 5) is 7.25. The standard InChI is InChI=1S/C10H11N3S/c1-7-6-12-10(14)13(7)9-4-3-5-11-8(9)2/h3-6H,1-2H3,(H,12,14). The summed E-state index contributed by atoms with van der Waals surface area (Å²) in [6.45, 7) is 3.99. The molecule has 72 valence electrons. The summed E-state index contributed by atoms with van der Waals surface area (Å²) in [6, 6.07) is 3.93. The largest absolute Gasteiger partial charge is 0.337 e. The van der Waals surface area contributed by atoms with Crippen molar-refractivity contribution in [2.75, 3.05) is 0 Å². The number of aromatic nitrogens is 3. The normalized spacial score (nSPS) is 10.4. The number of aromatic amines is 1. The molecule has 0 saturated carbocycles. The van der Waals surface area contributed by atoms with Gasteiger partial charge < -0.3 is 4.98 Å². The molecule has 0 amide bonds. The number of rotatable bonds is 1. The van der Waals surface area contributed by atoms with Crippen LogP contribution in [0.25, 0.3) is 5.69 Å². The average molecular weight is 205 g/mol. The van der Waals surface area contributed by atoms with Gasteiger partial charge in [-0.25, -0.2) is 0 Å². The summed E-state index contributed by atoms with van der Waals surface area (Å²) in [6.07, 6.45) is 3.68. The smallest absolute Gasteiger partial charge is 0.182 e. The molecule has 0 saturated heterocycles. The van der Waals surface area contributed by atoms with E-state index in [2.05, 4.69) is 9.97 Å². The van der Waals surface area contributed by atoms with Crippen molar-refractivity contribution >= 4 is 12.2 Å². The first kappa shape index (κ1) is 9.15. The van der Waals surface area contributed by atoms with Gasteiger partial charge in [-0.1, -0.05) is 0 Å². The zero-order chi connectivity index (χ0) is 10.1. The van der Waals surface area contributed by atoms with Gasteiger partial charge in [0.1, 0.15) is 0 Å². The molecule has 0 aromatic carbocycles. The molecule has 4 heteroatoms. The average Bonchev–Trinajstić information content (AvgIpc) is 2.48. The molecule has 0 spiro atoms. The van der Waals surface area contributed by atoms with Gasteiger partial charge in [-0.05, 0) is 38.2 Å². The Kier molecular flexibility index (Phi) is 2.21. The lowest BCUT2D eigenvalue weighted by molar-refractivity contribution is 0.953. The zero-order valence-corrected chi connectivity index (χ0v) is 8.93. The third kappa shape index (κ3) is 1.37. The fraction of sp³-hybridized carbons (Fsp3) is 0.200. The minimum absolute atomic E-state index is 0.707. The van der Waals surface area contributed by atoms with E-state index in [1.54, 1.807) is 6.20 Å². The summed E-state index contributed by atoms with van der Waals surface area (Å²) in [5.74, 6) is 0. The lowest BCUT2D eigenvalue weighted by Gasteiger charge is -2.07. The highest BCUT2D eigenvalue weighted by Gasteiger charge is 2.04. The van der Waals surface area contributed by atoms with Crippen LogP contribution in [0.1, 0.15) is 11.4 Å². The number of H-pyrrole nitrogens is 1. The van der Waals surface area contributed by atoms with Gasteiger partial charge in [0.05, 0.1) is 11.4 Å². The van der Waals surface area contributed by atoms with Crippen LogP contribution >= 0.6 is 12.2 Å². The van der Waals surface area contributed by atoms with E-state index in [1.165, 1.54) is 0 Å². The number of pyridine rings is 1. The molecule has 0 aliphatic rings. The molecule has 3 nitrogen and oxygen atoms in total. The topological polar surface area (TPSA) is 33.6 Å². The van der Waals surface area contributed by atoms with Crippen LogP contribution in [0.15, 0.2) is 24.5 Å². The van der Waals surface area contributed by atoms with Gasteiger partial charge in [0.2, 0.25) is 0 Å². The molecule has 0 unspecified atom stereocenters. The Hall–Kier alpha value is -1.42. The summed E-state index contributed by atoms with van der Waals surface area (Å²) in [5.41, 5.74) is 3.11. The SMILES string of the molecule is Cc1ncccc1-n1c(C)c[nH]c1=S. The van der Waals surface area contributed by atoms with E-state index < -0.39 is 0 Å². The molecule has 0 aliphatic carbocycles. The van der Waals surface area contributed by atoms with E-state index in [9.17, 15) is 0 Å². The first-order valence-corrected chi connectivity index (χ1v) is 4.80. The Morgan fingerprint density at radius 1 is 1.43 bits per heavy atom. The fourth-order valence-electron chi connectivity index (χ4n) is 1.47. The molecule has 14 heavy (non-hydrogen) atoms. The summed E-state index contributed by atoms with van der Waals surface area (Å²) >= 11 is 5.19. The highest BCUT2D eigenvalue weighted by atomic mass is 32.1. The molecular formula is C10H11N3S. The van der Waals surface area contributed by atoms with Crippen LogP contribution in [0.4, 0.5) is 0 Å². The number of nitrogens with zero attached hydrogens (tertiary/aromatic N) is 2. The minimum Gasteiger partial charge on any atom is -0.337 e. The van der Waals surface area contributed by atoms with E-state index in [4.69, 9.17) is 12.2 Å². The Bertz CT molecular complexity index is 510. The van der Waals surface area contributed by atoms with Gasteiger partial charge in [-0.2, -0.15) is 0 Å². The second kappa shape index (κ2) is 3.38. The molecule has 2 aromatic heterocycles. The maximum absolute atomic E-state index is 5.19. The van der Waals surface area contributed by atoms with Crippen molar-refractivity contribution in [2.45, 2.75) is 13.8 Å². The third-order valence-electron chi connectivity index (χ3n) is 2.18. The van der Waals surface area contributed by atoms with Crippen LogP contribution in [0.5, 0.6) is 0 Å². The molecule has 2 rings (SSSR count). The maximum atomic E-state index is 5.19. The fourth-order valence-corrected chi connectivity index (χ4v) is 1.77. The second-order valence-electron chi connectivity index (χ2n) is 3.18. The Labute approximate surface area is 87.4 Å². The monoisotopic (exact) mass is 205 g/mol. The van der Waals surface area contributed by atoms with E-state index in [-0.39, 0.29) is 0 Å². The van der Waals surface area contributed by atoms with Crippen molar-refractivity contribution in [1.29, 1.82) is 0 Å². The molecule has 0 radical (unpaired) electrons. The quantitative estimate of drug-likeness (QED) is 0.726. The summed E-state index contributed by atoms with van der Waals surface area (Å²) < 4.78 is 2.69. The molecule has 2 heterocycles. The summed E-state index contributed by atoms with van der Waals surface area (Å²) in [7, 11) is 0. The van der Waals surface area contributed by atoms with Crippen molar-refractivity contribution in [2.24, 2.45) is 0 Å². The van der Waals surface area contributed by atoms with Crippen LogP contribution in [0.3, 0.4) is 0 Å². The Morgan fingerprint density at radius 2 is 2.21 bits per heavy atom. The van der Waals surface area contributed by atoms with Gasteiger partial charge in [-0.15, -0.1) is 0 Å². The number of hydrogen-bond donors (Lipinski definition) is 1. The van der Waals surface area contributed by atoms with Crippen molar-refractivity contribution in [3.05, 3.63) is 40.7 Å². The zero-order valence-electron chi connectivity index (χ0n) is 8.11. The molecule has 0 aliphatic heterocycles. The summed E-state index contributed by atoms with van der Waals surface area (Å²) in [5, 5.41) is 0. The number of aryl methyl sites for hydroxylation is 2. The first-order valence-electron chi connectivity index (χ1n) is 4.39. The van der Waals surface area contributed by atoms with Crippen molar-refractivity contribution in [3.8, 4) is 5.69 Å². The van der Waals surface area contributed by atoms with Gasteiger partial charge in [0.25, 0.3) is 0 Å². The number of hydrogen-bond acceptors (Lipinski definition) is 2. The first-order chi connectivity index (χ1) is 6.70. The Balaban J connectivity index is 2.72. The highest BCUT2D eigenvalue weighted by Crippen LogP contribution is 2.14. The number of nitrogens with one attached hydrogen (secondary N) is 1. The van der Waals surface area contributed by atoms with Gasteiger partial charge in [0, 0.05) is 18.1 Å². The second-order valence-corrected chi connectivity index (χ2v) is 3.57.